The van der Waals surface area contributed by atoms with Crippen molar-refractivity contribution in [3.8, 4) is 11.5 Å². The minimum Gasteiger partial charge on any atom is -0.497 e. The number of hydrogen-bond donors (Lipinski definition) is 1. The van der Waals surface area contributed by atoms with E-state index in [2.05, 4.69) is 15.9 Å². The van der Waals surface area contributed by atoms with Crippen LogP contribution in [0.2, 0.25) is 0 Å². The van der Waals surface area contributed by atoms with Crippen LogP contribution in [0.15, 0.2) is 46.9 Å². The van der Waals surface area contributed by atoms with Crippen molar-refractivity contribution < 1.29 is 14.6 Å². The average molecular weight is 351 g/mol. The van der Waals surface area contributed by atoms with Crippen molar-refractivity contribution >= 4 is 15.9 Å². The summed E-state index contributed by atoms with van der Waals surface area (Å²) in [7, 11) is 3.28. The molecule has 3 nitrogen and oxygen atoms in total. The summed E-state index contributed by atoms with van der Waals surface area (Å²) in [6.45, 7) is 0. The van der Waals surface area contributed by atoms with E-state index >= 15 is 0 Å². The Labute approximate surface area is 133 Å². The van der Waals surface area contributed by atoms with Crippen LogP contribution < -0.4 is 9.47 Å². The molecule has 2 rings (SSSR count). The second-order valence-corrected chi connectivity index (χ2v) is 5.74. The largest absolute Gasteiger partial charge is 0.497 e. The molecule has 1 N–H and O–H groups in total. The van der Waals surface area contributed by atoms with Gasteiger partial charge in [-0.2, -0.15) is 0 Å². The van der Waals surface area contributed by atoms with Crippen molar-refractivity contribution in [3.63, 3.8) is 0 Å². The number of halogens is 1. The predicted octanol–water partition coefficient (Wildman–Crippen LogP) is 3.61. The smallest absolute Gasteiger partial charge is 0.133 e. The maximum Gasteiger partial charge on any atom is 0.133 e. The van der Waals surface area contributed by atoms with Gasteiger partial charge in [-0.3, -0.25) is 0 Å². The van der Waals surface area contributed by atoms with Gasteiger partial charge in [0, 0.05) is 0 Å². The molecule has 0 aliphatic heterocycles. The molecule has 0 heterocycles. The number of ether oxygens (including phenoxy) is 2. The molecule has 21 heavy (non-hydrogen) atoms. The van der Waals surface area contributed by atoms with Crippen LogP contribution in [-0.4, -0.2) is 25.4 Å². The Hall–Kier alpha value is -1.52. The second-order valence-electron chi connectivity index (χ2n) is 4.88. The summed E-state index contributed by atoms with van der Waals surface area (Å²) in [4.78, 5) is 0. The molecule has 0 fully saturated rings. The van der Waals surface area contributed by atoms with Crippen molar-refractivity contribution in [3.05, 3.63) is 58.1 Å². The molecule has 0 radical (unpaired) electrons. The number of rotatable bonds is 6. The van der Waals surface area contributed by atoms with Crippen LogP contribution in [0.25, 0.3) is 0 Å². The number of aliphatic hydroxyl groups excluding tert-OH is 1. The SMILES string of the molecule is COc1cccc(CC(O)Cc2ccc(OC)c(Br)c2)c1. The summed E-state index contributed by atoms with van der Waals surface area (Å²) < 4.78 is 11.3. The molecule has 0 amide bonds. The highest BCUT2D eigenvalue weighted by molar-refractivity contribution is 9.10. The van der Waals surface area contributed by atoms with E-state index in [0.29, 0.717) is 12.8 Å². The first-order valence-electron chi connectivity index (χ1n) is 6.75. The summed E-state index contributed by atoms with van der Waals surface area (Å²) >= 11 is 3.46. The molecule has 0 aromatic heterocycles. The first-order chi connectivity index (χ1) is 10.1. The first-order valence-corrected chi connectivity index (χ1v) is 7.55. The van der Waals surface area contributed by atoms with E-state index in [1.165, 1.54) is 0 Å². The lowest BCUT2D eigenvalue weighted by atomic mass is 10.0. The third kappa shape index (κ3) is 4.48. The number of aliphatic hydroxyl groups is 1. The summed E-state index contributed by atoms with van der Waals surface area (Å²) in [5.74, 6) is 1.60. The third-order valence-electron chi connectivity index (χ3n) is 3.29. The van der Waals surface area contributed by atoms with Crippen LogP contribution in [0, 0.1) is 0 Å². The van der Waals surface area contributed by atoms with Crippen LogP contribution in [0.3, 0.4) is 0 Å². The maximum atomic E-state index is 10.2. The van der Waals surface area contributed by atoms with Gasteiger partial charge in [-0.25, -0.2) is 0 Å². The van der Waals surface area contributed by atoms with Gasteiger partial charge in [0.25, 0.3) is 0 Å². The number of benzene rings is 2. The van der Waals surface area contributed by atoms with Gasteiger partial charge < -0.3 is 14.6 Å². The van der Waals surface area contributed by atoms with Gasteiger partial charge >= 0.3 is 0 Å². The Bertz CT molecular complexity index is 598. The molecule has 2 aromatic rings. The normalized spacial score (nSPS) is 12.0. The zero-order valence-corrected chi connectivity index (χ0v) is 13.8. The van der Waals surface area contributed by atoms with E-state index in [4.69, 9.17) is 9.47 Å². The maximum absolute atomic E-state index is 10.2. The van der Waals surface area contributed by atoms with E-state index < -0.39 is 6.10 Å². The molecule has 0 saturated heterocycles. The van der Waals surface area contributed by atoms with E-state index in [1.54, 1.807) is 14.2 Å². The Balaban J connectivity index is 2.00. The standard InChI is InChI=1S/C17H19BrO3/c1-20-15-5-3-4-12(10-15)8-14(19)9-13-6-7-17(21-2)16(18)11-13/h3-7,10-11,14,19H,8-9H2,1-2H3. The van der Waals surface area contributed by atoms with E-state index in [-0.39, 0.29) is 0 Å². The molecule has 1 unspecified atom stereocenters. The van der Waals surface area contributed by atoms with Gasteiger partial charge in [-0.05, 0) is 64.2 Å². The number of methoxy groups -OCH3 is 2. The van der Waals surface area contributed by atoms with E-state index in [1.807, 2.05) is 42.5 Å². The molecule has 0 saturated carbocycles. The van der Waals surface area contributed by atoms with Crippen molar-refractivity contribution in [1.29, 1.82) is 0 Å². The molecule has 2 aromatic carbocycles. The zero-order valence-electron chi connectivity index (χ0n) is 12.2. The molecular weight excluding hydrogens is 332 g/mol. The number of hydrogen-bond acceptors (Lipinski definition) is 3. The highest BCUT2D eigenvalue weighted by atomic mass is 79.9. The van der Waals surface area contributed by atoms with Gasteiger partial charge in [-0.15, -0.1) is 0 Å². The lowest BCUT2D eigenvalue weighted by Gasteiger charge is -2.13. The van der Waals surface area contributed by atoms with Crippen LogP contribution in [0.4, 0.5) is 0 Å². The molecule has 4 heteroatoms. The molecule has 1 atom stereocenters. The van der Waals surface area contributed by atoms with E-state index in [0.717, 1.165) is 27.1 Å². The van der Waals surface area contributed by atoms with Crippen molar-refractivity contribution in [2.75, 3.05) is 14.2 Å². The highest BCUT2D eigenvalue weighted by Gasteiger charge is 2.09. The summed E-state index contributed by atoms with van der Waals surface area (Å²) in [6.07, 6.45) is 0.762. The minimum absolute atomic E-state index is 0.433. The molecule has 0 spiro atoms. The molecule has 0 aliphatic carbocycles. The molecule has 0 bridgehead atoms. The monoisotopic (exact) mass is 350 g/mol. The lowest BCUT2D eigenvalue weighted by Crippen LogP contribution is -2.14. The first kappa shape index (κ1) is 15.9. The van der Waals surface area contributed by atoms with Crippen molar-refractivity contribution in [1.82, 2.24) is 0 Å². The summed E-state index contributed by atoms with van der Waals surface area (Å²) in [5, 5.41) is 10.2. The molecular formula is C17H19BrO3. The second kappa shape index (κ2) is 7.48. The summed E-state index contributed by atoms with van der Waals surface area (Å²) in [6, 6.07) is 13.6. The lowest BCUT2D eigenvalue weighted by molar-refractivity contribution is 0.175. The third-order valence-corrected chi connectivity index (χ3v) is 3.91. The topological polar surface area (TPSA) is 38.7 Å². The van der Waals surface area contributed by atoms with Crippen molar-refractivity contribution in [2.45, 2.75) is 18.9 Å². The van der Waals surface area contributed by atoms with Gasteiger partial charge in [0.1, 0.15) is 11.5 Å². The fourth-order valence-corrected chi connectivity index (χ4v) is 2.84. The Morgan fingerprint density at radius 2 is 1.71 bits per heavy atom. The van der Waals surface area contributed by atoms with Gasteiger partial charge in [0.05, 0.1) is 24.8 Å². The summed E-state index contributed by atoms with van der Waals surface area (Å²) in [5.41, 5.74) is 2.13. The van der Waals surface area contributed by atoms with Crippen LogP contribution >= 0.6 is 15.9 Å². The van der Waals surface area contributed by atoms with Crippen molar-refractivity contribution in [2.24, 2.45) is 0 Å². The van der Waals surface area contributed by atoms with E-state index in [9.17, 15) is 5.11 Å². The Kier molecular flexibility index (Phi) is 5.65. The fourth-order valence-electron chi connectivity index (χ4n) is 2.25. The average Bonchev–Trinajstić information content (AvgIpc) is 2.47. The van der Waals surface area contributed by atoms with Crippen LogP contribution in [0.1, 0.15) is 11.1 Å². The molecule has 112 valence electrons. The Morgan fingerprint density at radius 3 is 2.33 bits per heavy atom. The minimum atomic E-state index is -0.433. The predicted molar refractivity (Wildman–Crippen MR) is 87.1 cm³/mol. The van der Waals surface area contributed by atoms with Crippen LogP contribution in [-0.2, 0) is 12.8 Å². The van der Waals surface area contributed by atoms with Crippen LogP contribution in [0.5, 0.6) is 11.5 Å². The zero-order chi connectivity index (χ0) is 15.2. The highest BCUT2D eigenvalue weighted by Crippen LogP contribution is 2.26. The van der Waals surface area contributed by atoms with Gasteiger partial charge in [0.15, 0.2) is 0 Å². The fraction of sp³-hybridized carbons (Fsp3) is 0.294. The van der Waals surface area contributed by atoms with Gasteiger partial charge in [-0.1, -0.05) is 18.2 Å². The Morgan fingerprint density at radius 1 is 1.00 bits per heavy atom. The quantitative estimate of drug-likeness (QED) is 0.864. The molecule has 0 aliphatic rings. The van der Waals surface area contributed by atoms with Gasteiger partial charge in [0.2, 0.25) is 0 Å².